The zero-order valence-electron chi connectivity index (χ0n) is 8.23. The zero-order chi connectivity index (χ0) is 11.5. The summed E-state index contributed by atoms with van der Waals surface area (Å²) >= 11 is 5.76. The first kappa shape index (κ1) is 12.2. The highest BCUT2D eigenvalue weighted by molar-refractivity contribution is 7.85. The minimum absolute atomic E-state index is 0.0926. The molecule has 1 heterocycles. The molecule has 0 N–H and O–H groups in total. The Kier molecular flexibility index (Phi) is 3.90. The van der Waals surface area contributed by atoms with Gasteiger partial charge in [0, 0.05) is 11.6 Å². The molecule has 0 aliphatic carbocycles. The molecule has 0 spiro atoms. The summed E-state index contributed by atoms with van der Waals surface area (Å²) in [5.41, 5.74) is 0.374. The Bertz CT molecular complexity index is 446. The normalized spacial score (nSPS) is 11.4. The molecular weight excluding hydrogens is 242 g/mol. The van der Waals surface area contributed by atoms with Gasteiger partial charge in [0.25, 0.3) is 10.1 Å². The molecule has 15 heavy (non-hydrogen) atoms. The maximum atomic E-state index is 11.1. The minimum atomic E-state index is -3.58. The Balaban J connectivity index is 2.97. The second-order valence-corrected chi connectivity index (χ2v) is 4.77. The lowest BCUT2D eigenvalue weighted by atomic mass is 10.3. The highest BCUT2D eigenvalue weighted by Gasteiger charge is 2.14. The predicted molar refractivity (Wildman–Crippen MR) is 55.4 cm³/mol. The Morgan fingerprint density at radius 1 is 1.40 bits per heavy atom. The van der Waals surface area contributed by atoms with E-state index in [1.807, 2.05) is 0 Å². The summed E-state index contributed by atoms with van der Waals surface area (Å²) in [7, 11) is -1.03. The smallest absolute Gasteiger partial charge is 0.271 e. The molecule has 5 nitrogen and oxygen atoms in total. The summed E-state index contributed by atoms with van der Waals surface area (Å²) in [5, 5.41) is 0.0926. The van der Waals surface area contributed by atoms with E-state index in [0.717, 1.165) is 7.11 Å². The third-order valence-corrected chi connectivity index (χ3v) is 3.20. The standard InChI is InChI=1S/C8H10ClNO4S/c1-13-7-4-3-6(8(9)10-7)5-15(11,12)14-2/h3-4H,5H2,1-2H3. The molecule has 0 bridgehead atoms. The monoisotopic (exact) mass is 251 g/mol. The molecule has 7 heteroatoms. The number of ether oxygens (including phenoxy) is 1. The van der Waals surface area contributed by atoms with Gasteiger partial charge in [0.1, 0.15) is 10.9 Å². The van der Waals surface area contributed by atoms with E-state index < -0.39 is 10.1 Å². The van der Waals surface area contributed by atoms with Gasteiger partial charge < -0.3 is 4.74 Å². The Labute approximate surface area is 93.1 Å². The highest BCUT2D eigenvalue weighted by Crippen LogP contribution is 2.20. The number of hydrogen-bond donors (Lipinski definition) is 0. The van der Waals surface area contributed by atoms with Crippen LogP contribution in [0.4, 0.5) is 0 Å². The van der Waals surface area contributed by atoms with E-state index in [2.05, 4.69) is 9.17 Å². The van der Waals surface area contributed by atoms with Gasteiger partial charge in [0.15, 0.2) is 0 Å². The van der Waals surface area contributed by atoms with E-state index in [0.29, 0.717) is 11.4 Å². The Morgan fingerprint density at radius 2 is 2.07 bits per heavy atom. The number of pyridine rings is 1. The van der Waals surface area contributed by atoms with E-state index in [1.165, 1.54) is 19.2 Å². The molecule has 0 aliphatic rings. The average molecular weight is 252 g/mol. The minimum Gasteiger partial charge on any atom is -0.481 e. The summed E-state index contributed by atoms with van der Waals surface area (Å²) in [5.74, 6) is 0.0258. The summed E-state index contributed by atoms with van der Waals surface area (Å²) < 4.78 is 31.4. The van der Waals surface area contributed by atoms with Crippen molar-refractivity contribution in [2.75, 3.05) is 14.2 Å². The van der Waals surface area contributed by atoms with Gasteiger partial charge in [-0.1, -0.05) is 11.6 Å². The van der Waals surface area contributed by atoms with Crippen molar-refractivity contribution >= 4 is 21.7 Å². The Morgan fingerprint density at radius 3 is 2.53 bits per heavy atom. The van der Waals surface area contributed by atoms with E-state index in [-0.39, 0.29) is 10.9 Å². The predicted octanol–water partition coefficient (Wildman–Crippen LogP) is 1.22. The molecule has 0 amide bonds. The van der Waals surface area contributed by atoms with Crippen molar-refractivity contribution in [3.8, 4) is 5.88 Å². The third kappa shape index (κ3) is 3.33. The first-order chi connectivity index (χ1) is 6.98. The zero-order valence-corrected chi connectivity index (χ0v) is 9.80. The van der Waals surface area contributed by atoms with Crippen LogP contribution < -0.4 is 4.74 Å². The molecule has 84 valence electrons. The van der Waals surface area contributed by atoms with Gasteiger partial charge >= 0.3 is 0 Å². The molecule has 1 aromatic heterocycles. The molecular formula is C8H10ClNO4S. The molecule has 0 aromatic carbocycles. The summed E-state index contributed by atoms with van der Waals surface area (Å²) in [6, 6.07) is 3.07. The number of hydrogen-bond acceptors (Lipinski definition) is 5. The molecule has 0 aliphatic heterocycles. The molecule has 0 saturated heterocycles. The number of rotatable bonds is 4. The van der Waals surface area contributed by atoms with Crippen molar-refractivity contribution in [2.24, 2.45) is 0 Å². The van der Waals surface area contributed by atoms with Crippen molar-refractivity contribution in [1.82, 2.24) is 4.98 Å². The van der Waals surface area contributed by atoms with E-state index >= 15 is 0 Å². The van der Waals surface area contributed by atoms with Gasteiger partial charge in [-0.25, -0.2) is 4.98 Å². The summed E-state index contributed by atoms with van der Waals surface area (Å²) in [6.45, 7) is 0. The van der Waals surface area contributed by atoms with E-state index in [9.17, 15) is 8.42 Å². The molecule has 1 rings (SSSR count). The van der Waals surface area contributed by atoms with Crippen LogP contribution in [0.15, 0.2) is 12.1 Å². The average Bonchev–Trinajstić information content (AvgIpc) is 2.21. The lowest BCUT2D eigenvalue weighted by Crippen LogP contribution is -2.06. The molecule has 1 aromatic rings. The van der Waals surface area contributed by atoms with Crippen LogP contribution in [0.5, 0.6) is 5.88 Å². The Hall–Kier alpha value is -0.850. The SMILES string of the molecule is COc1ccc(CS(=O)(=O)OC)c(Cl)n1. The van der Waals surface area contributed by atoms with Crippen molar-refractivity contribution < 1.29 is 17.3 Å². The van der Waals surface area contributed by atoms with Gasteiger partial charge in [-0.05, 0) is 6.07 Å². The lowest BCUT2D eigenvalue weighted by molar-refractivity contribution is 0.394. The number of aromatic nitrogens is 1. The number of nitrogens with zero attached hydrogens (tertiary/aromatic N) is 1. The second-order valence-electron chi connectivity index (χ2n) is 2.67. The van der Waals surface area contributed by atoms with Crippen LogP contribution in [-0.4, -0.2) is 27.6 Å². The van der Waals surface area contributed by atoms with Crippen molar-refractivity contribution in [3.05, 3.63) is 22.8 Å². The molecule has 0 radical (unpaired) electrons. The summed E-state index contributed by atoms with van der Waals surface area (Å²) in [4.78, 5) is 3.83. The fourth-order valence-electron chi connectivity index (χ4n) is 0.917. The third-order valence-electron chi connectivity index (χ3n) is 1.70. The maximum absolute atomic E-state index is 11.1. The largest absolute Gasteiger partial charge is 0.481 e. The molecule has 0 fully saturated rings. The van der Waals surface area contributed by atoms with Crippen LogP contribution in [0.2, 0.25) is 5.15 Å². The fraction of sp³-hybridized carbons (Fsp3) is 0.375. The van der Waals surface area contributed by atoms with Gasteiger partial charge in [-0.15, -0.1) is 0 Å². The quantitative estimate of drug-likeness (QED) is 0.595. The van der Waals surface area contributed by atoms with Crippen LogP contribution >= 0.6 is 11.6 Å². The van der Waals surface area contributed by atoms with Crippen molar-refractivity contribution in [3.63, 3.8) is 0 Å². The van der Waals surface area contributed by atoms with E-state index in [4.69, 9.17) is 16.3 Å². The van der Waals surface area contributed by atoms with Gasteiger partial charge in [0.05, 0.1) is 14.2 Å². The number of halogens is 1. The van der Waals surface area contributed by atoms with Gasteiger partial charge in [0.2, 0.25) is 5.88 Å². The van der Waals surface area contributed by atoms with Crippen LogP contribution in [0.25, 0.3) is 0 Å². The lowest BCUT2D eigenvalue weighted by Gasteiger charge is -2.05. The highest BCUT2D eigenvalue weighted by atomic mass is 35.5. The van der Waals surface area contributed by atoms with E-state index in [1.54, 1.807) is 0 Å². The van der Waals surface area contributed by atoms with Crippen molar-refractivity contribution in [2.45, 2.75) is 5.75 Å². The van der Waals surface area contributed by atoms with Crippen molar-refractivity contribution in [1.29, 1.82) is 0 Å². The van der Waals surface area contributed by atoms with Crippen LogP contribution in [-0.2, 0) is 20.1 Å². The van der Waals surface area contributed by atoms with Crippen LogP contribution in [0, 0.1) is 0 Å². The fourth-order valence-corrected chi connectivity index (χ4v) is 1.94. The molecule has 0 atom stereocenters. The molecule has 0 unspecified atom stereocenters. The second kappa shape index (κ2) is 4.78. The van der Waals surface area contributed by atoms with Crippen LogP contribution in [0.3, 0.4) is 0 Å². The first-order valence-corrected chi connectivity index (χ1v) is 5.92. The first-order valence-electron chi connectivity index (χ1n) is 3.96. The van der Waals surface area contributed by atoms with Gasteiger partial charge in [-0.3, -0.25) is 4.18 Å². The number of methoxy groups -OCH3 is 1. The summed E-state index contributed by atoms with van der Waals surface area (Å²) in [6.07, 6.45) is 0. The maximum Gasteiger partial charge on any atom is 0.271 e. The topological polar surface area (TPSA) is 65.5 Å². The van der Waals surface area contributed by atoms with Gasteiger partial charge in [-0.2, -0.15) is 8.42 Å². The van der Waals surface area contributed by atoms with Crippen LogP contribution in [0.1, 0.15) is 5.56 Å². The molecule has 0 saturated carbocycles.